The van der Waals surface area contributed by atoms with Crippen molar-refractivity contribution in [3.63, 3.8) is 0 Å². The fraction of sp³-hybridized carbons (Fsp3) is 0.500. The van der Waals surface area contributed by atoms with E-state index < -0.39 is 5.54 Å². The summed E-state index contributed by atoms with van der Waals surface area (Å²) in [6, 6.07) is 5.33. The second-order valence-corrected chi connectivity index (χ2v) is 6.90. The number of carbonyl (C=O) groups excluding carboxylic acids is 2. The van der Waals surface area contributed by atoms with E-state index in [1.807, 2.05) is 6.07 Å². The van der Waals surface area contributed by atoms with Crippen LogP contribution in [0.2, 0.25) is 0 Å². The number of hydrogen-bond acceptors (Lipinski definition) is 4. The van der Waals surface area contributed by atoms with Crippen LogP contribution in [0.1, 0.15) is 48.9 Å². The minimum atomic E-state index is -0.414. The lowest BCUT2D eigenvalue weighted by Gasteiger charge is -2.38. The summed E-state index contributed by atoms with van der Waals surface area (Å²) in [6.07, 6.45) is 6.97. The number of rotatable bonds is 5. The first-order chi connectivity index (χ1) is 12.6. The summed E-state index contributed by atoms with van der Waals surface area (Å²) in [7, 11) is 0. The summed E-state index contributed by atoms with van der Waals surface area (Å²) in [5.74, 6) is 0.675. The Labute approximate surface area is 153 Å². The Kier molecular flexibility index (Phi) is 5.81. The maximum Gasteiger partial charge on any atom is 0.255 e. The van der Waals surface area contributed by atoms with Crippen LogP contribution >= 0.6 is 0 Å². The Morgan fingerprint density at radius 1 is 1.12 bits per heavy atom. The first-order valence-electron chi connectivity index (χ1n) is 9.25. The average Bonchev–Trinajstić information content (AvgIpc) is 2.92. The number of para-hydroxylation sites is 1. The third kappa shape index (κ3) is 4.18. The molecule has 0 aromatic heterocycles. The molecule has 0 atom stereocenters. The monoisotopic (exact) mass is 358 g/mol. The molecule has 2 N–H and O–H groups in total. The van der Waals surface area contributed by atoms with Crippen molar-refractivity contribution in [3.05, 3.63) is 36.4 Å². The molecule has 6 nitrogen and oxygen atoms in total. The molecule has 0 saturated heterocycles. The summed E-state index contributed by atoms with van der Waals surface area (Å²) in [6.45, 7) is 5.01. The highest BCUT2D eigenvalue weighted by Crippen LogP contribution is 2.33. The number of ether oxygens (including phenoxy) is 2. The summed E-state index contributed by atoms with van der Waals surface area (Å²) >= 11 is 0. The number of amides is 2. The fourth-order valence-electron chi connectivity index (χ4n) is 3.60. The largest absolute Gasteiger partial charge is 0.490 e. The molecule has 3 rings (SSSR count). The predicted molar refractivity (Wildman–Crippen MR) is 98.5 cm³/mol. The minimum Gasteiger partial charge on any atom is -0.490 e. The second-order valence-electron chi connectivity index (χ2n) is 6.90. The maximum atomic E-state index is 12.8. The Morgan fingerprint density at radius 3 is 2.65 bits per heavy atom. The molecule has 1 aliphatic carbocycles. The van der Waals surface area contributed by atoms with Gasteiger partial charge in [-0.3, -0.25) is 9.59 Å². The number of hydrogen-bond donors (Lipinski definition) is 2. The zero-order chi connectivity index (χ0) is 18.4. The molecule has 2 amide bonds. The molecule has 0 spiro atoms. The van der Waals surface area contributed by atoms with Crippen LogP contribution in [-0.4, -0.2) is 37.1 Å². The predicted octanol–water partition coefficient (Wildman–Crippen LogP) is 2.58. The van der Waals surface area contributed by atoms with E-state index in [0.29, 0.717) is 36.8 Å². The SMILES string of the molecule is C=CC(=O)NC1(CNC(=O)c2cccc3c2OCCCO3)CCCCC1. The van der Waals surface area contributed by atoms with Crippen molar-refractivity contribution in [2.75, 3.05) is 19.8 Å². The third-order valence-corrected chi connectivity index (χ3v) is 4.99. The van der Waals surface area contributed by atoms with Gasteiger partial charge in [-0.25, -0.2) is 0 Å². The quantitative estimate of drug-likeness (QED) is 0.793. The van der Waals surface area contributed by atoms with Gasteiger partial charge in [0.1, 0.15) is 0 Å². The van der Waals surface area contributed by atoms with E-state index in [1.165, 1.54) is 6.08 Å². The van der Waals surface area contributed by atoms with Gasteiger partial charge in [-0.15, -0.1) is 0 Å². The van der Waals surface area contributed by atoms with Crippen molar-refractivity contribution in [1.82, 2.24) is 10.6 Å². The van der Waals surface area contributed by atoms with Crippen LogP contribution in [0.15, 0.2) is 30.9 Å². The Hall–Kier alpha value is -2.50. The normalized spacial score (nSPS) is 18.3. The van der Waals surface area contributed by atoms with Gasteiger partial charge in [0, 0.05) is 13.0 Å². The first-order valence-corrected chi connectivity index (χ1v) is 9.25. The van der Waals surface area contributed by atoms with Crippen molar-refractivity contribution in [1.29, 1.82) is 0 Å². The molecule has 140 valence electrons. The van der Waals surface area contributed by atoms with Crippen LogP contribution in [-0.2, 0) is 4.79 Å². The molecule has 0 bridgehead atoms. The Bertz CT molecular complexity index is 680. The average molecular weight is 358 g/mol. The van der Waals surface area contributed by atoms with Crippen LogP contribution in [0.5, 0.6) is 11.5 Å². The zero-order valence-corrected chi connectivity index (χ0v) is 15.0. The molecule has 1 aliphatic heterocycles. The lowest BCUT2D eigenvalue weighted by atomic mass is 9.81. The maximum absolute atomic E-state index is 12.8. The van der Waals surface area contributed by atoms with Crippen molar-refractivity contribution >= 4 is 11.8 Å². The molecule has 1 saturated carbocycles. The van der Waals surface area contributed by atoms with Gasteiger partial charge in [-0.2, -0.15) is 0 Å². The molecule has 1 aromatic carbocycles. The van der Waals surface area contributed by atoms with Gasteiger partial charge in [0.05, 0.1) is 24.3 Å². The molecular weight excluding hydrogens is 332 g/mol. The number of benzene rings is 1. The second kappa shape index (κ2) is 8.25. The highest BCUT2D eigenvalue weighted by atomic mass is 16.5. The molecule has 1 fully saturated rings. The number of nitrogens with one attached hydrogen (secondary N) is 2. The summed E-state index contributed by atoms with van der Waals surface area (Å²) in [4.78, 5) is 24.6. The lowest BCUT2D eigenvalue weighted by Crippen LogP contribution is -2.56. The van der Waals surface area contributed by atoms with Gasteiger partial charge in [0.2, 0.25) is 5.91 Å². The number of carbonyl (C=O) groups is 2. The van der Waals surface area contributed by atoms with E-state index in [9.17, 15) is 9.59 Å². The van der Waals surface area contributed by atoms with Crippen molar-refractivity contribution < 1.29 is 19.1 Å². The van der Waals surface area contributed by atoms with Crippen LogP contribution < -0.4 is 20.1 Å². The van der Waals surface area contributed by atoms with Crippen LogP contribution in [0.25, 0.3) is 0 Å². The summed E-state index contributed by atoms with van der Waals surface area (Å²) in [5.41, 5.74) is 0.0489. The van der Waals surface area contributed by atoms with Gasteiger partial charge in [0.15, 0.2) is 11.5 Å². The van der Waals surface area contributed by atoms with Gasteiger partial charge >= 0.3 is 0 Å². The van der Waals surface area contributed by atoms with Gasteiger partial charge in [0.25, 0.3) is 5.91 Å². The van der Waals surface area contributed by atoms with Gasteiger partial charge < -0.3 is 20.1 Å². The highest BCUT2D eigenvalue weighted by molar-refractivity contribution is 5.98. The summed E-state index contributed by atoms with van der Waals surface area (Å²) in [5, 5.41) is 6.02. The molecule has 26 heavy (non-hydrogen) atoms. The molecule has 6 heteroatoms. The molecule has 1 heterocycles. The first kappa shape index (κ1) is 18.3. The topological polar surface area (TPSA) is 76.7 Å². The molecular formula is C20H26N2O4. The van der Waals surface area contributed by atoms with Crippen LogP contribution in [0, 0.1) is 0 Å². The number of fused-ring (bicyclic) bond motifs is 1. The Balaban J connectivity index is 1.73. The van der Waals surface area contributed by atoms with E-state index in [4.69, 9.17) is 9.47 Å². The van der Waals surface area contributed by atoms with Gasteiger partial charge in [-0.05, 0) is 31.1 Å². The van der Waals surface area contributed by atoms with Crippen molar-refractivity contribution in [3.8, 4) is 11.5 Å². The van der Waals surface area contributed by atoms with Crippen LogP contribution in [0.3, 0.4) is 0 Å². The van der Waals surface area contributed by atoms with E-state index in [1.54, 1.807) is 12.1 Å². The van der Waals surface area contributed by atoms with E-state index in [-0.39, 0.29) is 11.8 Å². The van der Waals surface area contributed by atoms with Crippen LogP contribution in [0.4, 0.5) is 0 Å². The molecule has 0 unspecified atom stereocenters. The third-order valence-electron chi connectivity index (χ3n) is 4.99. The molecule has 1 aromatic rings. The minimum absolute atomic E-state index is 0.202. The van der Waals surface area contributed by atoms with Gasteiger partial charge in [-0.1, -0.05) is 31.9 Å². The Morgan fingerprint density at radius 2 is 1.88 bits per heavy atom. The van der Waals surface area contributed by atoms with Crippen molar-refractivity contribution in [2.24, 2.45) is 0 Å². The lowest BCUT2D eigenvalue weighted by molar-refractivity contribution is -0.118. The molecule has 0 radical (unpaired) electrons. The van der Waals surface area contributed by atoms with Crippen molar-refractivity contribution in [2.45, 2.75) is 44.1 Å². The zero-order valence-electron chi connectivity index (χ0n) is 15.0. The van der Waals surface area contributed by atoms with E-state index in [0.717, 1.165) is 38.5 Å². The standard InChI is InChI=1S/C20H26N2O4/c1-2-17(23)22-20(10-4-3-5-11-20)14-21-19(24)15-8-6-9-16-18(15)26-13-7-12-25-16/h2,6,8-9H,1,3-5,7,10-14H2,(H,21,24)(H,22,23). The van der Waals surface area contributed by atoms with E-state index in [2.05, 4.69) is 17.2 Å². The smallest absolute Gasteiger partial charge is 0.255 e. The summed E-state index contributed by atoms with van der Waals surface area (Å²) < 4.78 is 11.4. The highest BCUT2D eigenvalue weighted by Gasteiger charge is 2.34. The fourth-order valence-corrected chi connectivity index (χ4v) is 3.60. The molecule has 2 aliphatic rings. The van der Waals surface area contributed by atoms with E-state index >= 15 is 0 Å².